The molecule has 5 heteroatoms. The van der Waals surface area contributed by atoms with Gasteiger partial charge in [-0.1, -0.05) is 30.3 Å². The quantitative estimate of drug-likeness (QED) is 0.479. The van der Waals surface area contributed by atoms with Gasteiger partial charge in [0.15, 0.2) is 0 Å². The number of carboxylic acid groups (broad SMARTS) is 1. The van der Waals surface area contributed by atoms with Crippen LogP contribution in [0.4, 0.5) is 11.4 Å². The highest BCUT2D eigenvalue weighted by Crippen LogP contribution is 2.19. The van der Waals surface area contributed by atoms with E-state index in [0.717, 1.165) is 19.3 Å². The Bertz CT molecular complexity index is 661. The van der Waals surface area contributed by atoms with E-state index in [4.69, 9.17) is 5.11 Å². The van der Waals surface area contributed by atoms with E-state index >= 15 is 0 Å². The van der Waals surface area contributed by atoms with E-state index in [1.165, 1.54) is 29.8 Å². The number of unbranched alkanes of at least 4 members (excludes halogenated alkanes) is 1. The van der Waals surface area contributed by atoms with Gasteiger partial charge in [0.25, 0.3) is 0 Å². The van der Waals surface area contributed by atoms with Crippen molar-refractivity contribution in [2.45, 2.75) is 26.2 Å². The average Bonchev–Trinajstić information content (AvgIpc) is 2.54. The topological polar surface area (TPSA) is 75.7 Å². The summed E-state index contributed by atoms with van der Waals surface area (Å²) in [4.78, 5) is 11.3. The number of carbonyl (C=O) groups is 1. The number of rotatable bonds is 6. The fourth-order valence-electron chi connectivity index (χ4n) is 2.00. The summed E-state index contributed by atoms with van der Waals surface area (Å²) in [6.07, 6.45) is 3.31. The van der Waals surface area contributed by atoms with Crippen LogP contribution in [0.5, 0.6) is 0 Å². The number of carboxylic acids is 1. The van der Waals surface area contributed by atoms with E-state index in [0.29, 0.717) is 16.2 Å². The first-order valence-corrected chi connectivity index (χ1v) is 7.21. The minimum Gasteiger partial charge on any atom is -0.594 e. The Hall–Kier alpha value is -2.69. The minimum absolute atomic E-state index is 0.137. The standard InChI is InChI=1S/C17H18N2O3/c1-2-3-4-13-5-9-15(10-6-13)18-19(22)16-11-7-14(8-12-16)17(20)21/h5-12H,2-4H2,1H3,(H,20,21)/b19-18-. The van der Waals surface area contributed by atoms with Gasteiger partial charge in [-0.25, -0.2) is 4.79 Å². The zero-order valence-electron chi connectivity index (χ0n) is 12.4. The van der Waals surface area contributed by atoms with Crippen LogP contribution in [0.25, 0.3) is 0 Å². The third kappa shape index (κ3) is 4.15. The van der Waals surface area contributed by atoms with Crippen molar-refractivity contribution >= 4 is 17.3 Å². The molecule has 0 saturated carbocycles. The van der Waals surface area contributed by atoms with Crippen LogP contribution in [0.1, 0.15) is 35.7 Å². The highest BCUT2D eigenvalue weighted by Gasteiger charge is 2.07. The number of azo groups is 1. The van der Waals surface area contributed by atoms with Crippen LogP contribution in [0.2, 0.25) is 0 Å². The smallest absolute Gasteiger partial charge is 0.335 e. The van der Waals surface area contributed by atoms with E-state index in [1.54, 1.807) is 0 Å². The number of aryl methyl sites for hydroxylation is 1. The molecule has 5 nitrogen and oxygen atoms in total. The molecule has 0 heterocycles. The highest BCUT2D eigenvalue weighted by molar-refractivity contribution is 5.87. The van der Waals surface area contributed by atoms with Crippen LogP contribution in [-0.2, 0) is 6.42 Å². The first kappa shape index (κ1) is 15.7. The molecule has 0 amide bonds. The van der Waals surface area contributed by atoms with E-state index in [1.807, 2.05) is 24.3 Å². The lowest BCUT2D eigenvalue weighted by atomic mass is 10.1. The molecule has 2 aromatic carbocycles. The maximum absolute atomic E-state index is 12.0. The van der Waals surface area contributed by atoms with Gasteiger partial charge in [-0.15, -0.1) is 0 Å². The molecule has 2 rings (SSSR count). The van der Waals surface area contributed by atoms with E-state index < -0.39 is 5.97 Å². The lowest BCUT2D eigenvalue weighted by molar-refractivity contribution is -0.435. The maximum Gasteiger partial charge on any atom is 0.335 e. The molecule has 0 radical (unpaired) electrons. The number of nitrogens with zero attached hydrogens (tertiary/aromatic N) is 2. The normalized spacial score (nSPS) is 11.4. The average molecular weight is 298 g/mol. The Morgan fingerprint density at radius 1 is 1.14 bits per heavy atom. The molecule has 0 aliphatic rings. The molecular weight excluding hydrogens is 280 g/mol. The van der Waals surface area contributed by atoms with Crippen LogP contribution >= 0.6 is 0 Å². The van der Waals surface area contributed by atoms with Gasteiger partial charge in [0, 0.05) is 17.2 Å². The summed E-state index contributed by atoms with van der Waals surface area (Å²) in [5.41, 5.74) is 2.22. The van der Waals surface area contributed by atoms with Crippen LogP contribution in [-0.4, -0.2) is 15.9 Å². The molecule has 0 aliphatic carbocycles. The summed E-state index contributed by atoms with van der Waals surface area (Å²) < 4.78 is 0. The van der Waals surface area contributed by atoms with Crippen molar-refractivity contribution in [2.75, 3.05) is 0 Å². The first-order valence-electron chi connectivity index (χ1n) is 7.21. The second-order valence-corrected chi connectivity index (χ2v) is 4.99. The van der Waals surface area contributed by atoms with Gasteiger partial charge in [0.05, 0.1) is 5.56 Å². The van der Waals surface area contributed by atoms with Gasteiger partial charge in [0.1, 0.15) is 5.69 Å². The van der Waals surface area contributed by atoms with Crippen molar-refractivity contribution in [2.24, 2.45) is 5.11 Å². The van der Waals surface area contributed by atoms with E-state index in [9.17, 15) is 10.0 Å². The number of hydrogen-bond acceptors (Lipinski definition) is 3. The molecule has 2 aromatic rings. The Balaban J connectivity index is 2.12. The summed E-state index contributed by atoms with van der Waals surface area (Å²) in [6.45, 7) is 2.15. The van der Waals surface area contributed by atoms with Crippen molar-refractivity contribution in [3.05, 3.63) is 64.9 Å². The second kappa shape index (κ2) is 7.36. The molecule has 22 heavy (non-hydrogen) atoms. The minimum atomic E-state index is -1.02. The Labute approximate surface area is 129 Å². The molecule has 0 aromatic heterocycles. The van der Waals surface area contributed by atoms with Crippen molar-refractivity contribution in [1.29, 1.82) is 0 Å². The summed E-state index contributed by atoms with van der Waals surface area (Å²) in [5, 5.41) is 24.7. The SMILES string of the molecule is CCCCc1ccc(/N=[N+](\[O-])c2ccc(C(=O)O)cc2)cc1. The summed E-state index contributed by atoms with van der Waals surface area (Å²) in [7, 11) is 0. The molecule has 1 N–H and O–H groups in total. The van der Waals surface area contributed by atoms with Crippen molar-refractivity contribution in [3.63, 3.8) is 0 Å². The van der Waals surface area contributed by atoms with E-state index in [2.05, 4.69) is 12.0 Å². The fraction of sp³-hybridized carbons (Fsp3) is 0.235. The number of aromatic carboxylic acids is 1. The summed E-state index contributed by atoms with van der Waals surface area (Å²) >= 11 is 0. The third-order valence-electron chi connectivity index (χ3n) is 3.30. The Kier molecular flexibility index (Phi) is 5.25. The van der Waals surface area contributed by atoms with Gasteiger partial charge < -0.3 is 10.3 Å². The third-order valence-corrected chi connectivity index (χ3v) is 3.30. The number of benzene rings is 2. The van der Waals surface area contributed by atoms with Gasteiger partial charge in [0.2, 0.25) is 5.69 Å². The maximum atomic E-state index is 12.0. The Morgan fingerprint density at radius 3 is 2.32 bits per heavy atom. The lowest BCUT2D eigenvalue weighted by Crippen LogP contribution is -1.96. The van der Waals surface area contributed by atoms with Crippen molar-refractivity contribution in [1.82, 2.24) is 0 Å². The summed E-state index contributed by atoms with van der Waals surface area (Å²) in [6, 6.07) is 13.2. The molecule has 0 bridgehead atoms. The van der Waals surface area contributed by atoms with Crippen LogP contribution in [0.15, 0.2) is 53.6 Å². The Morgan fingerprint density at radius 2 is 1.77 bits per heavy atom. The molecule has 114 valence electrons. The van der Waals surface area contributed by atoms with Crippen molar-refractivity contribution < 1.29 is 14.8 Å². The first-order chi connectivity index (χ1) is 10.6. The van der Waals surface area contributed by atoms with E-state index in [-0.39, 0.29) is 5.56 Å². The zero-order valence-corrected chi connectivity index (χ0v) is 12.4. The predicted molar refractivity (Wildman–Crippen MR) is 83.8 cm³/mol. The summed E-state index contributed by atoms with van der Waals surface area (Å²) in [5.74, 6) is -1.02. The monoisotopic (exact) mass is 298 g/mol. The van der Waals surface area contributed by atoms with Gasteiger partial charge >= 0.3 is 5.97 Å². The fourth-order valence-corrected chi connectivity index (χ4v) is 2.00. The molecule has 0 aliphatic heterocycles. The van der Waals surface area contributed by atoms with Crippen LogP contribution in [0.3, 0.4) is 0 Å². The molecule has 0 unspecified atom stereocenters. The van der Waals surface area contributed by atoms with Crippen LogP contribution < -0.4 is 0 Å². The zero-order chi connectivity index (χ0) is 15.9. The molecule has 0 atom stereocenters. The second-order valence-electron chi connectivity index (χ2n) is 4.99. The molecule has 0 saturated heterocycles. The molecule has 0 spiro atoms. The highest BCUT2D eigenvalue weighted by atomic mass is 16.5. The van der Waals surface area contributed by atoms with Crippen LogP contribution in [0, 0.1) is 5.21 Å². The van der Waals surface area contributed by atoms with Gasteiger partial charge in [-0.2, -0.15) is 0 Å². The predicted octanol–water partition coefficient (Wildman–Crippen LogP) is 4.65. The van der Waals surface area contributed by atoms with Crippen molar-refractivity contribution in [3.8, 4) is 0 Å². The molecular formula is C17H18N2O3. The number of hydrogen-bond donors (Lipinski definition) is 1. The lowest BCUT2D eigenvalue weighted by Gasteiger charge is -2.02. The van der Waals surface area contributed by atoms with Gasteiger partial charge in [-0.3, -0.25) is 0 Å². The van der Waals surface area contributed by atoms with Gasteiger partial charge in [-0.05, 0) is 42.7 Å². The largest absolute Gasteiger partial charge is 0.594 e. The molecule has 0 fully saturated rings.